The molecule has 1 heterocycles. The number of aromatic nitrogens is 2. The largest absolute Gasteiger partial charge is 0.455 e. The predicted octanol–water partition coefficient (Wildman–Crippen LogP) is 4.52. The van der Waals surface area contributed by atoms with E-state index < -0.39 is 18.5 Å². The van der Waals surface area contributed by atoms with Crippen LogP contribution in [0.25, 0.3) is 5.69 Å². The van der Waals surface area contributed by atoms with Crippen LogP contribution in [0.2, 0.25) is 10.0 Å². The summed E-state index contributed by atoms with van der Waals surface area (Å²) in [5, 5.41) is 7.66. The third-order valence-corrected chi connectivity index (χ3v) is 4.98. The predicted molar refractivity (Wildman–Crippen MR) is 113 cm³/mol. The minimum atomic E-state index is -0.526. The number of carbonyl (C=O) groups is 2. The summed E-state index contributed by atoms with van der Waals surface area (Å²) in [5.41, 5.74) is 3.54. The van der Waals surface area contributed by atoms with E-state index in [9.17, 15) is 9.59 Å². The maximum Gasteiger partial charge on any atom is 0.310 e. The molecule has 150 valence electrons. The summed E-state index contributed by atoms with van der Waals surface area (Å²) in [6, 6.07) is 14.5. The van der Waals surface area contributed by atoms with E-state index in [0.717, 1.165) is 22.6 Å². The minimum absolute atomic E-state index is 0.0185. The fourth-order valence-corrected chi connectivity index (χ4v) is 3.38. The first-order chi connectivity index (χ1) is 13.9. The van der Waals surface area contributed by atoms with Gasteiger partial charge in [0.25, 0.3) is 5.91 Å². The summed E-state index contributed by atoms with van der Waals surface area (Å²) in [6.45, 7) is 3.29. The number of benzene rings is 2. The van der Waals surface area contributed by atoms with Crippen LogP contribution in [-0.2, 0) is 20.7 Å². The number of amides is 1. The quantitative estimate of drug-likeness (QED) is 0.582. The Morgan fingerprint density at radius 3 is 2.34 bits per heavy atom. The molecule has 0 fully saturated rings. The lowest BCUT2D eigenvalue weighted by molar-refractivity contribution is -0.146. The molecule has 3 aromatic rings. The van der Waals surface area contributed by atoms with Gasteiger partial charge in [0.2, 0.25) is 0 Å². The van der Waals surface area contributed by atoms with Crippen molar-refractivity contribution in [3.63, 3.8) is 0 Å². The number of anilines is 1. The zero-order chi connectivity index (χ0) is 21.0. The normalized spacial score (nSPS) is 10.6. The van der Waals surface area contributed by atoms with Crippen LogP contribution < -0.4 is 5.32 Å². The number of esters is 1. The summed E-state index contributed by atoms with van der Waals surface area (Å²) in [5.74, 6) is -1.05. The fraction of sp³-hybridized carbons (Fsp3) is 0.190. The first kappa shape index (κ1) is 20.9. The molecule has 1 aromatic heterocycles. The lowest BCUT2D eigenvalue weighted by Crippen LogP contribution is -2.22. The van der Waals surface area contributed by atoms with E-state index in [-0.39, 0.29) is 12.1 Å². The van der Waals surface area contributed by atoms with Gasteiger partial charge in [0.1, 0.15) is 0 Å². The van der Waals surface area contributed by atoms with Crippen molar-refractivity contribution in [3.8, 4) is 5.69 Å². The number of nitrogens with one attached hydrogen (secondary N) is 1. The van der Waals surface area contributed by atoms with Gasteiger partial charge in [-0.2, -0.15) is 5.10 Å². The van der Waals surface area contributed by atoms with E-state index in [1.54, 1.807) is 22.9 Å². The van der Waals surface area contributed by atoms with Crippen LogP contribution in [0.4, 0.5) is 5.69 Å². The number of ether oxygens (including phenoxy) is 1. The number of nitrogens with zero attached hydrogens (tertiary/aromatic N) is 2. The molecule has 6 nitrogen and oxygen atoms in total. The molecule has 1 N–H and O–H groups in total. The van der Waals surface area contributed by atoms with Crippen molar-refractivity contribution < 1.29 is 14.3 Å². The Balaban J connectivity index is 1.61. The Kier molecular flexibility index (Phi) is 6.56. The second-order valence-corrected chi connectivity index (χ2v) is 7.19. The van der Waals surface area contributed by atoms with E-state index in [4.69, 9.17) is 27.9 Å². The number of carbonyl (C=O) groups excluding carboxylic acids is 2. The molecule has 0 saturated carbocycles. The molecule has 0 radical (unpaired) electrons. The Morgan fingerprint density at radius 2 is 1.69 bits per heavy atom. The zero-order valence-corrected chi connectivity index (χ0v) is 17.4. The average molecular weight is 432 g/mol. The summed E-state index contributed by atoms with van der Waals surface area (Å²) in [4.78, 5) is 24.3. The molecule has 0 unspecified atom stereocenters. The SMILES string of the molecule is Cc1nn(-c2ccccc2)c(C)c1CC(=O)OCC(=O)Nc1c(Cl)cccc1Cl. The lowest BCUT2D eigenvalue weighted by Gasteiger charge is -2.10. The van der Waals surface area contributed by atoms with Crippen molar-refractivity contribution >= 4 is 40.8 Å². The van der Waals surface area contributed by atoms with Gasteiger partial charge in [0.15, 0.2) is 6.61 Å². The lowest BCUT2D eigenvalue weighted by atomic mass is 10.1. The van der Waals surface area contributed by atoms with Crippen LogP contribution >= 0.6 is 23.2 Å². The number of aryl methyl sites for hydroxylation is 1. The van der Waals surface area contributed by atoms with Crippen LogP contribution in [-0.4, -0.2) is 28.3 Å². The Morgan fingerprint density at radius 1 is 1.03 bits per heavy atom. The molecule has 0 atom stereocenters. The van der Waals surface area contributed by atoms with Crippen molar-refractivity contribution in [3.05, 3.63) is 75.5 Å². The van der Waals surface area contributed by atoms with Crippen molar-refractivity contribution in [2.75, 3.05) is 11.9 Å². The van der Waals surface area contributed by atoms with E-state index >= 15 is 0 Å². The van der Waals surface area contributed by atoms with Crippen LogP contribution in [0.15, 0.2) is 48.5 Å². The maximum atomic E-state index is 12.3. The van der Waals surface area contributed by atoms with Crippen LogP contribution in [0.1, 0.15) is 17.0 Å². The molecule has 0 spiro atoms. The van der Waals surface area contributed by atoms with Crippen molar-refractivity contribution in [2.45, 2.75) is 20.3 Å². The molecule has 0 aliphatic rings. The minimum Gasteiger partial charge on any atom is -0.455 e. The summed E-state index contributed by atoms with van der Waals surface area (Å²) >= 11 is 12.0. The summed E-state index contributed by atoms with van der Waals surface area (Å²) in [6.07, 6.45) is 0.0185. The number of halogens is 2. The summed E-state index contributed by atoms with van der Waals surface area (Å²) < 4.78 is 6.89. The Hall–Kier alpha value is -2.83. The van der Waals surface area contributed by atoms with E-state index in [1.807, 2.05) is 44.2 Å². The second-order valence-electron chi connectivity index (χ2n) is 6.38. The Bertz CT molecular complexity index is 1030. The highest BCUT2D eigenvalue weighted by Gasteiger charge is 2.18. The molecule has 3 rings (SSSR count). The number of hydrogen-bond donors (Lipinski definition) is 1. The third-order valence-electron chi connectivity index (χ3n) is 4.35. The van der Waals surface area contributed by atoms with Crippen LogP contribution in [0.5, 0.6) is 0 Å². The van der Waals surface area contributed by atoms with Gasteiger partial charge in [-0.15, -0.1) is 0 Å². The first-order valence-corrected chi connectivity index (χ1v) is 9.62. The third kappa shape index (κ3) is 4.96. The highest BCUT2D eigenvalue weighted by atomic mass is 35.5. The molecule has 0 aliphatic carbocycles. The van der Waals surface area contributed by atoms with Gasteiger partial charge < -0.3 is 10.1 Å². The number of rotatable bonds is 6. The fourth-order valence-electron chi connectivity index (χ4n) is 2.89. The smallest absolute Gasteiger partial charge is 0.310 e. The van der Waals surface area contributed by atoms with Crippen molar-refractivity contribution in [2.24, 2.45) is 0 Å². The zero-order valence-electron chi connectivity index (χ0n) is 15.9. The highest BCUT2D eigenvalue weighted by Crippen LogP contribution is 2.29. The van der Waals surface area contributed by atoms with Gasteiger partial charge in [0.05, 0.1) is 33.5 Å². The van der Waals surface area contributed by atoms with E-state index in [1.165, 1.54) is 0 Å². The molecule has 0 aliphatic heterocycles. The molecule has 8 heteroatoms. The van der Waals surface area contributed by atoms with Crippen LogP contribution in [0, 0.1) is 13.8 Å². The van der Waals surface area contributed by atoms with Gasteiger partial charge in [-0.05, 0) is 38.1 Å². The van der Waals surface area contributed by atoms with Gasteiger partial charge in [-0.1, -0.05) is 47.5 Å². The van der Waals surface area contributed by atoms with Gasteiger partial charge >= 0.3 is 5.97 Å². The standard InChI is InChI=1S/C21H19Cl2N3O3/c1-13-16(14(2)26(25-13)15-7-4-3-5-8-15)11-20(28)29-12-19(27)24-21-17(22)9-6-10-18(21)23/h3-10H,11-12H2,1-2H3,(H,24,27). The molecule has 0 saturated heterocycles. The average Bonchev–Trinajstić information content (AvgIpc) is 2.98. The monoisotopic (exact) mass is 431 g/mol. The topological polar surface area (TPSA) is 73.2 Å². The molecular formula is C21H19Cl2N3O3. The molecular weight excluding hydrogens is 413 g/mol. The molecule has 2 aromatic carbocycles. The van der Waals surface area contributed by atoms with Crippen LogP contribution in [0.3, 0.4) is 0 Å². The van der Waals surface area contributed by atoms with Crippen molar-refractivity contribution in [1.29, 1.82) is 0 Å². The van der Waals surface area contributed by atoms with Gasteiger partial charge in [0, 0.05) is 11.3 Å². The van der Waals surface area contributed by atoms with E-state index in [2.05, 4.69) is 10.4 Å². The molecule has 0 bridgehead atoms. The molecule has 1 amide bonds. The van der Waals surface area contributed by atoms with E-state index in [0.29, 0.717) is 10.0 Å². The summed E-state index contributed by atoms with van der Waals surface area (Å²) in [7, 11) is 0. The Labute approximate surface area is 178 Å². The number of hydrogen-bond acceptors (Lipinski definition) is 4. The first-order valence-electron chi connectivity index (χ1n) is 8.87. The second kappa shape index (κ2) is 9.11. The number of para-hydroxylation sites is 2. The van der Waals surface area contributed by atoms with Crippen molar-refractivity contribution in [1.82, 2.24) is 9.78 Å². The highest BCUT2D eigenvalue weighted by molar-refractivity contribution is 6.39. The maximum absolute atomic E-state index is 12.3. The molecule has 29 heavy (non-hydrogen) atoms. The van der Waals surface area contributed by atoms with Gasteiger partial charge in [-0.25, -0.2) is 4.68 Å². The van der Waals surface area contributed by atoms with Gasteiger partial charge in [-0.3, -0.25) is 9.59 Å².